The van der Waals surface area contributed by atoms with E-state index in [4.69, 9.17) is 18.9 Å². The van der Waals surface area contributed by atoms with Crippen molar-refractivity contribution in [2.75, 3.05) is 13.7 Å². The van der Waals surface area contributed by atoms with E-state index >= 15 is 0 Å². The minimum Gasteiger partial charge on any atom is -0.460 e. The fourth-order valence-electron chi connectivity index (χ4n) is 4.26. The third-order valence-corrected chi connectivity index (χ3v) is 6.67. The van der Waals surface area contributed by atoms with Crippen LogP contribution in [0, 0.1) is 0 Å². The molecule has 0 bridgehead atoms. The smallest absolute Gasteiger partial charge is 0.331 e. The molecule has 41 heavy (non-hydrogen) atoms. The number of esters is 1. The van der Waals surface area contributed by atoms with E-state index in [1.165, 1.54) is 6.08 Å². The Morgan fingerprint density at radius 2 is 1.56 bits per heavy atom. The van der Waals surface area contributed by atoms with Crippen molar-refractivity contribution in [3.63, 3.8) is 0 Å². The first kappa shape index (κ1) is 34.8. The van der Waals surface area contributed by atoms with Crippen LogP contribution in [0.25, 0.3) is 0 Å². The Labute approximate surface area is 242 Å². The normalized spacial score (nSPS) is 39.9. The lowest BCUT2D eigenvalue weighted by Crippen LogP contribution is -2.59. The number of carbonyl (C=O) groups excluding carboxylic acids is 1. The molecule has 2 rings (SSSR count). The second kappa shape index (κ2) is 19.7. The maximum atomic E-state index is 12.1. The number of ether oxygens (including phenoxy) is 4. The predicted molar refractivity (Wildman–Crippen MR) is 154 cm³/mol. The largest absolute Gasteiger partial charge is 0.460 e. The fourth-order valence-corrected chi connectivity index (χ4v) is 4.26. The van der Waals surface area contributed by atoms with Crippen LogP contribution in [0.1, 0.15) is 45.4 Å². The van der Waals surface area contributed by atoms with E-state index in [-0.39, 0.29) is 12.2 Å². The molecule has 0 aromatic carbocycles. The lowest BCUT2D eigenvalue weighted by atomic mass is 9.99. The molecule has 1 fully saturated rings. The van der Waals surface area contributed by atoms with Crippen molar-refractivity contribution >= 4 is 5.97 Å². The molecule has 230 valence electrons. The molecule has 0 saturated carbocycles. The van der Waals surface area contributed by atoms with Crippen LogP contribution in [0.4, 0.5) is 0 Å². The molecule has 5 N–H and O–H groups in total. The van der Waals surface area contributed by atoms with Crippen LogP contribution in [0.2, 0.25) is 0 Å². The molecule has 0 aromatic rings. The van der Waals surface area contributed by atoms with Gasteiger partial charge in [0, 0.05) is 19.6 Å². The molecular formula is C31H46O10. The number of carbonyl (C=O) groups is 1. The first-order chi connectivity index (χ1) is 19.7. The molecule has 0 aliphatic carbocycles. The predicted octanol–water partition coefficient (Wildman–Crippen LogP) is 2.17. The number of rotatable bonds is 4. The van der Waals surface area contributed by atoms with Crippen molar-refractivity contribution in [2.45, 2.75) is 101 Å². The fraction of sp³-hybridized carbons (Fsp3) is 0.581. The van der Waals surface area contributed by atoms with Crippen LogP contribution >= 0.6 is 0 Å². The number of aliphatic hydroxyl groups excluding tert-OH is 5. The minimum atomic E-state index is -1.56. The van der Waals surface area contributed by atoms with Gasteiger partial charge < -0.3 is 44.5 Å². The zero-order valence-electron chi connectivity index (χ0n) is 23.9. The average molecular weight is 579 g/mol. The number of hydrogen-bond donors (Lipinski definition) is 5. The molecule has 0 unspecified atom stereocenters. The summed E-state index contributed by atoms with van der Waals surface area (Å²) in [4.78, 5) is 12.1. The summed E-state index contributed by atoms with van der Waals surface area (Å²) in [6, 6.07) is 0. The monoisotopic (exact) mass is 578 g/mol. The highest BCUT2D eigenvalue weighted by molar-refractivity contribution is 5.82. The first-order valence-corrected chi connectivity index (χ1v) is 14.1. The number of hydrogen-bond acceptors (Lipinski definition) is 10. The maximum Gasteiger partial charge on any atom is 0.331 e. The lowest BCUT2D eigenvalue weighted by Gasteiger charge is -2.40. The molecule has 1 saturated heterocycles. The molecule has 0 amide bonds. The van der Waals surface area contributed by atoms with Crippen LogP contribution < -0.4 is 0 Å². The van der Waals surface area contributed by atoms with Gasteiger partial charge in [0.15, 0.2) is 6.29 Å². The van der Waals surface area contributed by atoms with Gasteiger partial charge in [0.05, 0.1) is 31.0 Å². The van der Waals surface area contributed by atoms with Gasteiger partial charge in [0.1, 0.15) is 24.4 Å². The summed E-state index contributed by atoms with van der Waals surface area (Å²) in [5.41, 5.74) is 0. The molecule has 2 aliphatic heterocycles. The molecule has 9 atom stereocenters. The zero-order valence-corrected chi connectivity index (χ0v) is 23.9. The van der Waals surface area contributed by atoms with E-state index in [1.807, 2.05) is 37.3 Å². The molecule has 0 radical (unpaired) electrons. The van der Waals surface area contributed by atoms with Gasteiger partial charge in [-0.2, -0.15) is 0 Å². The van der Waals surface area contributed by atoms with Gasteiger partial charge in [-0.1, -0.05) is 66.8 Å². The summed E-state index contributed by atoms with van der Waals surface area (Å²) >= 11 is 0. The Morgan fingerprint density at radius 3 is 2.29 bits per heavy atom. The SMILES string of the molecule is CO[C@H]1/C=C/C=C/CCC[C@@H](C)OC(=O)/C=C\C=C\C[C@H](O[C@@H]2O[C@@H](CO)[C@@H](O)[C@H](O)[C@H]2O)/C=C/C=C\C[C@H](O)C1. The van der Waals surface area contributed by atoms with E-state index in [9.17, 15) is 30.3 Å². The van der Waals surface area contributed by atoms with Crippen molar-refractivity contribution in [1.29, 1.82) is 0 Å². The summed E-state index contributed by atoms with van der Waals surface area (Å²) in [6.45, 7) is 1.29. The topological polar surface area (TPSA) is 155 Å². The molecule has 10 heteroatoms. The van der Waals surface area contributed by atoms with Gasteiger partial charge >= 0.3 is 5.97 Å². The third kappa shape index (κ3) is 13.4. The Kier molecular flexibility index (Phi) is 16.7. The maximum absolute atomic E-state index is 12.1. The second-order valence-corrected chi connectivity index (χ2v) is 10.1. The van der Waals surface area contributed by atoms with Crippen LogP contribution in [-0.2, 0) is 23.7 Å². The van der Waals surface area contributed by atoms with Crippen molar-refractivity contribution in [2.24, 2.45) is 0 Å². The molecule has 2 heterocycles. The minimum absolute atomic E-state index is 0.223. The molecule has 0 spiro atoms. The molecule has 0 aromatic heterocycles. The van der Waals surface area contributed by atoms with Gasteiger partial charge in [-0.15, -0.1) is 0 Å². The van der Waals surface area contributed by atoms with Crippen molar-refractivity contribution in [3.8, 4) is 0 Å². The standard InChI is InChI=1S/C31H46O10/c1-22-14-8-4-3-5-10-18-25(38-2)20-23(33)15-9-6-11-16-24(17-12-7-13-19-27(34)39-22)40-31-30(37)29(36)28(35)26(21-32)41-31/h3,5-7,9-13,16,18-19,22-26,28-33,35-37H,4,8,14-15,17,20-21H2,1-2H3/b5-3+,9-6-,12-7+,16-11+,18-10+,19-13-/t22-,23+,24-,25+,26+,28-,29+,30-,31-/m1/s1. The molecular weight excluding hydrogens is 532 g/mol. The first-order valence-electron chi connectivity index (χ1n) is 14.1. The van der Waals surface area contributed by atoms with Crippen LogP contribution in [-0.4, -0.2) is 100 Å². The van der Waals surface area contributed by atoms with E-state index in [2.05, 4.69) is 0 Å². The van der Waals surface area contributed by atoms with Crippen molar-refractivity contribution in [1.82, 2.24) is 0 Å². The third-order valence-electron chi connectivity index (χ3n) is 6.67. The van der Waals surface area contributed by atoms with Crippen LogP contribution in [0.15, 0.2) is 72.9 Å². The molecule has 10 nitrogen and oxygen atoms in total. The Balaban J connectivity index is 2.14. The number of aliphatic hydroxyl groups is 5. The quantitative estimate of drug-likeness (QED) is 0.314. The van der Waals surface area contributed by atoms with Crippen molar-refractivity contribution in [3.05, 3.63) is 72.9 Å². The summed E-state index contributed by atoms with van der Waals surface area (Å²) < 4.78 is 22.2. The lowest BCUT2D eigenvalue weighted by molar-refractivity contribution is -0.307. The highest BCUT2D eigenvalue weighted by atomic mass is 16.7. The van der Waals surface area contributed by atoms with E-state index in [0.717, 1.165) is 19.3 Å². The molecule has 2 aliphatic rings. The second-order valence-electron chi connectivity index (χ2n) is 10.1. The Bertz CT molecular complexity index is 922. The number of methoxy groups -OCH3 is 1. The summed E-state index contributed by atoms with van der Waals surface area (Å²) in [6.07, 6.45) is 16.0. The van der Waals surface area contributed by atoms with Crippen LogP contribution in [0.5, 0.6) is 0 Å². The van der Waals surface area contributed by atoms with Gasteiger partial charge in [-0.3, -0.25) is 0 Å². The van der Waals surface area contributed by atoms with Gasteiger partial charge in [0.25, 0.3) is 0 Å². The van der Waals surface area contributed by atoms with E-state index < -0.39 is 55.5 Å². The number of allylic oxidation sites excluding steroid dienone is 7. The summed E-state index contributed by atoms with van der Waals surface area (Å²) in [5.74, 6) is -0.443. The Hall–Kier alpha value is -2.41. The van der Waals surface area contributed by atoms with E-state index in [1.54, 1.807) is 43.6 Å². The highest BCUT2D eigenvalue weighted by Crippen LogP contribution is 2.24. The number of cyclic esters (lactones) is 1. The zero-order chi connectivity index (χ0) is 30.0. The summed E-state index contributed by atoms with van der Waals surface area (Å²) in [7, 11) is 1.60. The van der Waals surface area contributed by atoms with Crippen molar-refractivity contribution < 1.29 is 49.3 Å². The Morgan fingerprint density at radius 1 is 0.878 bits per heavy atom. The summed E-state index contributed by atoms with van der Waals surface area (Å²) in [5, 5.41) is 50.4. The van der Waals surface area contributed by atoms with Gasteiger partial charge in [-0.25, -0.2) is 4.79 Å². The van der Waals surface area contributed by atoms with Gasteiger partial charge in [-0.05, 0) is 39.0 Å². The van der Waals surface area contributed by atoms with Gasteiger partial charge in [0.2, 0.25) is 0 Å². The van der Waals surface area contributed by atoms with E-state index in [0.29, 0.717) is 19.3 Å². The van der Waals surface area contributed by atoms with Crippen LogP contribution in [0.3, 0.4) is 0 Å². The average Bonchev–Trinajstić information content (AvgIpc) is 2.94. The highest BCUT2D eigenvalue weighted by Gasteiger charge is 2.44.